The average molecular weight is 284 g/mol. The molecule has 1 fully saturated rings. The number of carbonyl (C=O) groups is 2. The molecule has 19 heavy (non-hydrogen) atoms. The molecule has 6 heteroatoms. The molecule has 1 amide bonds. The van der Waals surface area contributed by atoms with Gasteiger partial charge in [0.25, 0.3) is 0 Å². The third kappa shape index (κ3) is 3.87. The van der Waals surface area contributed by atoms with Gasteiger partial charge in [-0.25, -0.2) is 0 Å². The van der Waals surface area contributed by atoms with Crippen LogP contribution >= 0.6 is 11.8 Å². The number of carboxylic acid groups (broad SMARTS) is 1. The van der Waals surface area contributed by atoms with E-state index in [4.69, 9.17) is 5.11 Å². The van der Waals surface area contributed by atoms with Gasteiger partial charge in [-0.2, -0.15) is 5.26 Å². The molecule has 0 aliphatic heterocycles. The summed E-state index contributed by atoms with van der Waals surface area (Å²) in [5.41, 5.74) is -0.692. The number of rotatable bonds is 5. The second-order valence-corrected chi connectivity index (χ2v) is 6.28. The molecule has 106 valence electrons. The standard InChI is InChI=1S/C13H20N2O3S/c1-10(12(17)18)19-8-11(16)15(2)13(9-14)6-4-3-5-7-13/h10H,3-8H2,1-2H3,(H,17,18). The number of aliphatic carboxylic acids is 1. The van der Waals surface area contributed by atoms with Crippen LogP contribution in [0.1, 0.15) is 39.0 Å². The minimum absolute atomic E-state index is 0.105. The Morgan fingerprint density at radius 2 is 2.00 bits per heavy atom. The number of hydrogen-bond donors (Lipinski definition) is 1. The first-order valence-electron chi connectivity index (χ1n) is 6.45. The molecule has 0 radical (unpaired) electrons. The van der Waals surface area contributed by atoms with Gasteiger partial charge in [0.1, 0.15) is 5.54 Å². The second kappa shape index (κ2) is 6.80. The van der Waals surface area contributed by atoms with E-state index in [1.165, 1.54) is 4.90 Å². The number of carbonyl (C=O) groups excluding carboxylic acids is 1. The maximum atomic E-state index is 12.1. The van der Waals surface area contributed by atoms with Crippen molar-refractivity contribution in [2.24, 2.45) is 0 Å². The Labute approximate surface area is 118 Å². The molecule has 1 aliphatic rings. The quantitative estimate of drug-likeness (QED) is 0.833. The van der Waals surface area contributed by atoms with Crippen LogP contribution in [0.4, 0.5) is 0 Å². The Morgan fingerprint density at radius 1 is 1.42 bits per heavy atom. The van der Waals surface area contributed by atoms with Gasteiger partial charge in [-0.05, 0) is 19.8 Å². The lowest BCUT2D eigenvalue weighted by Crippen LogP contribution is -2.50. The van der Waals surface area contributed by atoms with Gasteiger partial charge in [-0.15, -0.1) is 11.8 Å². The van der Waals surface area contributed by atoms with Crippen molar-refractivity contribution >= 4 is 23.6 Å². The number of carboxylic acids is 1. The first kappa shape index (κ1) is 15.8. The fourth-order valence-electron chi connectivity index (χ4n) is 2.26. The Hall–Kier alpha value is -1.22. The van der Waals surface area contributed by atoms with Crippen molar-refractivity contribution in [2.75, 3.05) is 12.8 Å². The van der Waals surface area contributed by atoms with E-state index in [1.54, 1.807) is 14.0 Å². The molecule has 1 saturated carbocycles. The minimum Gasteiger partial charge on any atom is -0.480 e. The number of thioether (sulfide) groups is 1. The molecule has 0 aromatic rings. The van der Waals surface area contributed by atoms with Crippen molar-refractivity contribution < 1.29 is 14.7 Å². The van der Waals surface area contributed by atoms with Crippen LogP contribution in [-0.2, 0) is 9.59 Å². The van der Waals surface area contributed by atoms with Crippen molar-refractivity contribution in [3.05, 3.63) is 0 Å². The van der Waals surface area contributed by atoms with E-state index in [-0.39, 0.29) is 11.7 Å². The zero-order chi connectivity index (χ0) is 14.5. The molecule has 5 nitrogen and oxygen atoms in total. The number of amides is 1. The normalized spacial score (nSPS) is 19.2. The lowest BCUT2D eigenvalue weighted by molar-refractivity contribution is -0.136. The molecular formula is C13H20N2O3S. The maximum absolute atomic E-state index is 12.1. The van der Waals surface area contributed by atoms with Crippen LogP contribution in [0.15, 0.2) is 0 Å². The van der Waals surface area contributed by atoms with E-state index in [1.807, 2.05) is 0 Å². The van der Waals surface area contributed by atoms with Gasteiger partial charge in [-0.3, -0.25) is 9.59 Å². The van der Waals surface area contributed by atoms with Gasteiger partial charge >= 0.3 is 5.97 Å². The average Bonchev–Trinajstić information content (AvgIpc) is 2.43. The van der Waals surface area contributed by atoms with Crippen LogP contribution in [-0.4, -0.2) is 45.5 Å². The van der Waals surface area contributed by atoms with Crippen LogP contribution in [0, 0.1) is 11.3 Å². The predicted octanol–water partition coefficient (Wildman–Crippen LogP) is 1.88. The molecule has 0 bridgehead atoms. The Morgan fingerprint density at radius 3 is 2.47 bits per heavy atom. The van der Waals surface area contributed by atoms with Crippen molar-refractivity contribution in [1.29, 1.82) is 5.26 Å². The molecule has 0 saturated heterocycles. The first-order chi connectivity index (χ1) is 8.93. The van der Waals surface area contributed by atoms with Crippen LogP contribution < -0.4 is 0 Å². The Bertz CT molecular complexity index is 386. The number of nitrogens with zero attached hydrogens (tertiary/aromatic N) is 2. The second-order valence-electron chi connectivity index (χ2n) is 4.95. The molecule has 1 rings (SSSR count). The van der Waals surface area contributed by atoms with Gasteiger partial charge in [0, 0.05) is 7.05 Å². The summed E-state index contributed by atoms with van der Waals surface area (Å²) < 4.78 is 0. The molecule has 0 heterocycles. The SMILES string of the molecule is CC(SCC(=O)N(C)C1(C#N)CCCCC1)C(=O)O. The monoisotopic (exact) mass is 284 g/mol. The minimum atomic E-state index is -0.923. The van der Waals surface area contributed by atoms with Gasteiger partial charge < -0.3 is 10.0 Å². The Kier molecular flexibility index (Phi) is 5.67. The molecule has 0 aromatic heterocycles. The van der Waals surface area contributed by atoms with Crippen LogP contribution in [0.25, 0.3) is 0 Å². The highest BCUT2D eigenvalue weighted by Gasteiger charge is 2.38. The third-order valence-corrected chi connectivity index (χ3v) is 4.82. The Balaban J connectivity index is 2.60. The topological polar surface area (TPSA) is 81.4 Å². The summed E-state index contributed by atoms with van der Waals surface area (Å²) in [4.78, 5) is 24.3. The molecule has 1 N–H and O–H groups in total. The third-order valence-electron chi connectivity index (χ3n) is 3.71. The van der Waals surface area contributed by atoms with Crippen LogP contribution in [0.2, 0.25) is 0 Å². The van der Waals surface area contributed by atoms with E-state index in [2.05, 4.69) is 6.07 Å². The van der Waals surface area contributed by atoms with Crippen molar-refractivity contribution in [2.45, 2.75) is 49.8 Å². The summed E-state index contributed by atoms with van der Waals surface area (Å²) in [5, 5.41) is 17.6. The summed E-state index contributed by atoms with van der Waals surface area (Å²) in [6, 6.07) is 2.29. The molecular weight excluding hydrogens is 264 g/mol. The number of hydrogen-bond acceptors (Lipinski definition) is 4. The molecule has 1 aliphatic carbocycles. The van der Waals surface area contributed by atoms with E-state index < -0.39 is 16.8 Å². The van der Waals surface area contributed by atoms with Crippen molar-refractivity contribution in [1.82, 2.24) is 4.90 Å². The lowest BCUT2D eigenvalue weighted by atomic mass is 9.81. The van der Waals surface area contributed by atoms with Gasteiger partial charge in [0.05, 0.1) is 17.1 Å². The summed E-state index contributed by atoms with van der Waals surface area (Å²) in [7, 11) is 1.66. The highest BCUT2D eigenvalue weighted by atomic mass is 32.2. The van der Waals surface area contributed by atoms with Crippen molar-refractivity contribution in [3.8, 4) is 6.07 Å². The number of nitriles is 1. The predicted molar refractivity (Wildman–Crippen MR) is 73.8 cm³/mol. The van der Waals surface area contributed by atoms with Gasteiger partial charge in [0.2, 0.25) is 5.91 Å². The first-order valence-corrected chi connectivity index (χ1v) is 7.50. The van der Waals surface area contributed by atoms with E-state index in [0.29, 0.717) is 12.8 Å². The molecule has 0 aromatic carbocycles. The summed E-state index contributed by atoms with van der Waals surface area (Å²) >= 11 is 1.09. The highest BCUT2D eigenvalue weighted by Crippen LogP contribution is 2.32. The molecule has 0 spiro atoms. The fraction of sp³-hybridized carbons (Fsp3) is 0.769. The summed E-state index contributed by atoms with van der Waals surface area (Å²) in [5.74, 6) is -0.984. The largest absolute Gasteiger partial charge is 0.480 e. The maximum Gasteiger partial charge on any atom is 0.316 e. The lowest BCUT2D eigenvalue weighted by Gasteiger charge is -2.39. The summed E-state index contributed by atoms with van der Waals surface area (Å²) in [6.45, 7) is 1.56. The fourth-order valence-corrected chi connectivity index (χ4v) is 2.99. The van der Waals surface area contributed by atoms with Crippen LogP contribution in [0.3, 0.4) is 0 Å². The van der Waals surface area contributed by atoms with Crippen LogP contribution in [0.5, 0.6) is 0 Å². The van der Waals surface area contributed by atoms with E-state index in [9.17, 15) is 14.9 Å². The smallest absolute Gasteiger partial charge is 0.316 e. The van der Waals surface area contributed by atoms with Gasteiger partial charge in [0.15, 0.2) is 0 Å². The van der Waals surface area contributed by atoms with E-state index in [0.717, 1.165) is 31.0 Å². The highest BCUT2D eigenvalue weighted by molar-refractivity contribution is 8.01. The van der Waals surface area contributed by atoms with Crippen molar-refractivity contribution in [3.63, 3.8) is 0 Å². The molecule has 1 atom stereocenters. The van der Waals surface area contributed by atoms with E-state index >= 15 is 0 Å². The molecule has 1 unspecified atom stereocenters. The summed E-state index contributed by atoms with van der Waals surface area (Å²) in [6.07, 6.45) is 4.46. The zero-order valence-electron chi connectivity index (χ0n) is 11.4. The zero-order valence-corrected chi connectivity index (χ0v) is 12.2. The van der Waals surface area contributed by atoms with Gasteiger partial charge in [-0.1, -0.05) is 19.3 Å².